The summed E-state index contributed by atoms with van der Waals surface area (Å²) >= 11 is 0. The predicted octanol–water partition coefficient (Wildman–Crippen LogP) is 0.695. The minimum absolute atomic E-state index is 0.0618. The van der Waals surface area contributed by atoms with Crippen LogP contribution in [-0.2, 0) is 6.54 Å². The Morgan fingerprint density at radius 2 is 2.25 bits per heavy atom. The van der Waals surface area contributed by atoms with Crippen molar-refractivity contribution >= 4 is 5.97 Å². The standard InChI is InChI=1S/C9H11F2NO4/c10-9(11,5-13)4-12-3-6-1-2-16-7(6)8(14)15/h1-2,12-13H,3-5H2,(H,14,15). The van der Waals surface area contributed by atoms with Crippen molar-refractivity contribution in [1.82, 2.24) is 5.32 Å². The van der Waals surface area contributed by atoms with Gasteiger partial charge in [-0.25, -0.2) is 13.6 Å². The highest BCUT2D eigenvalue weighted by Crippen LogP contribution is 2.12. The molecule has 0 saturated carbocycles. The Kier molecular flexibility index (Phi) is 3.97. The van der Waals surface area contributed by atoms with E-state index in [1.807, 2.05) is 0 Å². The lowest BCUT2D eigenvalue weighted by atomic mass is 10.2. The van der Waals surface area contributed by atoms with E-state index in [4.69, 9.17) is 10.2 Å². The molecular formula is C9H11F2NO4. The first-order valence-corrected chi connectivity index (χ1v) is 4.45. The number of aliphatic hydroxyl groups excluding tert-OH is 1. The van der Waals surface area contributed by atoms with Gasteiger partial charge < -0.3 is 19.9 Å². The number of rotatable bonds is 6. The number of halogens is 2. The number of aromatic carboxylic acids is 1. The SMILES string of the molecule is O=C(O)c1occc1CNCC(F)(F)CO. The van der Waals surface area contributed by atoms with E-state index >= 15 is 0 Å². The number of furan rings is 1. The molecule has 0 amide bonds. The second kappa shape index (κ2) is 5.04. The summed E-state index contributed by atoms with van der Waals surface area (Å²) in [6.07, 6.45) is 1.17. The van der Waals surface area contributed by atoms with Crippen LogP contribution in [0, 0.1) is 0 Å². The first kappa shape index (κ1) is 12.6. The van der Waals surface area contributed by atoms with Crippen LogP contribution in [0.15, 0.2) is 16.7 Å². The maximum Gasteiger partial charge on any atom is 0.372 e. The Morgan fingerprint density at radius 1 is 1.56 bits per heavy atom. The van der Waals surface area contributed by atoms with Gasteiger partial charge in [0.05, 0.1) is 12.8 Å². The van der Waals surface area contributed by atoms with Crippen molar-refractivity contribution in [2.24, 2.45) is 0 Å². The zero-order valence-corrected chi connectivity index (χ0v) is 8.24. The van der Waals surface area contributed by atoms with E-state index in [9.17, 15) is 13.6 Å². The molecule has 0 unspecified atom stereocenters. The second-order valence-electron chi connectivity index (χ2n) is 3.20. The maximum absolute atomic E-state index is 12.6. The van der Waals surface area contributed by atoms with Gasteiger partial charge in [0.1, 0.15) is 6.61 Å². The molecule has 3 N–H and O–H groups in total. The number of carbonyl (C=O) groups is 1. The van der Waals surface area contributed by atoms with Crippen LogP contribution in [0.4, 0.5) is 8.78 Å². The van der Waals surface area contributed by atoms with Crippen molar-refractivity contribution < 1.29 is 28.2 Å². The lowest BCUT2D eigenvalue weighted by Gasteiger charge is -2.13. The molecular weight excluding hydrogens is 224 g/mol. The van der Waals surface area contributed by atoms with Gasteiger partial charge in [0, 0.05) is 12.1 Å². The lowest BCUT2D eigenvalue weighted by molar-refractivity contribution is -0.0477. The van der Waals surface area contributed by atoms with Crippen LogP contribution < -0.4 is 5.32 Å². The molecule has 0 atom stereocenters. The van der Waals surface area contributed by atoms with Crippen molar-refractivity contribution in [1.29, 1.82) is 0 Å². The number of hydrogen-bond acceptors (Lipinski definition) is 4. The highest BCUT2D eigenvalue weighted by molar-refractivity contribution is 5.86. The molecule has 0 spiro atoms. The first-order valence-electron chi connectivity index (χ1n) is 4.45. The molecule has 1 heterocycles. The maximum atomic E-state index is 12.6. The summed E-state index contributed by atoms with van der Waals surface area (Å²) in [7, 11) is 0. The molecule has 16 heavy (non-hydrogen) atoms. The normalized spacial score (nSPS) is 11.7. The fourth-order valence-corrected chi connectivity index (χ4v) is 1.10. The summed E-state index contributed by atoms with van der Waals surface area (Å²) in [5.74, 6) is -4.75. The average Bonchev–Trinajstić information content (AvgIpc) is 2.66. The van der Waals surface area contributed by atoms with Crippen molar-refractivity contribution in [3.8, 4) is 0 Å². The van der Waals surface area contributed by atoms with Crippen LogP contribution in [0.5, 0.6) is 0 Å². The van der Waals surface area contributed by atoms with Crippen LogP contribution >= 0.6 is 0 Å². The highest BCUT2D eigenvalue weighted by Gasteiger charge is 2.27. The van der Waals surface area contributed by atoms with E-state index in [1.54, 1.807) is 0 Å². The zero-order chi connectivity index (χ0) is 12.2. The molecule has 0 bridgehead atoms. The van der Waals surface area contributed by atoms with Gasteiger partial charge in [0.15, 0.2) is 0 Å². The quantitative estimate of drug-likeness (QED) is 0.675. The summed E-state index contributed by atoms with van der Waals surface area (Å²) in [5.41, 5.74) is 0.279. The molecule has 90 valence electrons. The van der Waals surface area contributed by atoms with Crippen LogP contribution in [-0.4, -0.2) is 35.3 Å². The van der Waals surface area contributed by atoms with Crippen LogP contribution in [0.2, 0.25) is 0 Å². The lowest BCUT2D eigenvalue weighted by Crippen LogP contribution is -2.35. The molecule has 1 rings (SSSR count). The van der Waals surface area contributed by atoms with Gasteiger partial charge in [-0.05, 0) is 6.07 Å². The molecule has 7 heteroatoms. The molecule has 0 aromatic carbocycles. The molecule has 5 nitrogen and oxygen atoms in total. The third-order valence-electron chi connectivity index (χ3n) is 1.87. The Labute approximate surface area is 89.7 Å². The molecule has 0 aliphatic rings. The van der Waals surface area contributed by atoms with E-state index in [2.05, 4.69) is 9.73 Å². The molecule has 0 fully saturated rings. The van der Waals surface area contributed by atoms with Crippen molar-refractivity contribution in [2.45, 2.75) is 12.5 Å². The molecule has 1 aromatic rings. The monoisotopic (exact) mass is 235 g/mol. The van der Waals surface area contributed by atoms with Crippen molar-refractivity contribution in [3.05, 3.63) is 23.7 Å². The largest absolute Gasteiger partial charge is 0.475 e. The predicted molar refractivity (Wildman–Crippen MR) is 49.4 cm³/mol. The van der Waals surface area contributed by atoms with Gasteiger partial charge in [0.25, 0.3) is 5.92 Å². The third-order valence-corrected chi connectivity index (χ3v) is 1.87. The number of carboxylic acids is 1. The summed E-state index contributed by atoms with van der Waals surface area (Å²) in [4.78, 5) is 10.6. The number of aliphatic hydroxyl groups is 1. The van der Waals surface area contributed by atoms with Gasteiger partial charge in [0.2, 0.25) is 5.76 Å². The molecule has 0 aliphatic heterocycles. The average molecular weight is 235 g/mol. The van der Waals surface area contributed by atoms with Crippen molar-refractivity contribution in [3.63, 3.8) is 0 Å². The smallest absolute Gasteiger partial charge is 0.372 e. The van der Waals surface area contributed by atoms with E-state index in [1.165, 1.54) is 12.3 Å². The molecule has 0 aliphatic carbocycles. The fourth-order valence-electron chi connectivity index (χ4n) is 1.10. The van der Waals surface area contributed by atoms with Gasteiger partial charge in [-0.2, -0.15) is 0 Å². The minimum Gasteiger partial charge on any atom is -0.475 e. The Bertz CT molecular complexity index is 364. The Balaban J connectivity index is 2.49. The first-order chi connectivity index (χ1) is 7.46. The zero-order valence-electron chi connectivity index (χ0n) is 8.24. The number of hydrogen-bond donors (Lipinski definition) is 3. The van der Waals surface area contributed by atoms with Gasteiger partial charge in [-0.1, -0.05) is 0 Å². The van der Waals surface area contributed by atoms with E-state index in [0.717, 1.165) is 0 Å². The Hall–Kier alpha value is -1.47. The van der Waals surface area contributed by atoms with Gasteiger partial charge in [-0.3, -0.25) is 0 Å². The summed E-state index contributed by atoms with van der Waals surface area (Å²) in [6, 6.07) is 1.38. The molecule has 0 radical (unpaired) electrons. The summed E-state index contributed by atoms with van der Waals surface area (Å²) in [5, 5.41) is 19.3. The van der Waals surface area contributed by atoms with Gasteiger partial charge >= 0.3 is 5.97 Å². The highest BCUT2D eigenvalue weighted by atomic mass is 19.3. The van der Waals surface area contributed by atoms with E-state index in [0.29, 0.717) is 0 Å². The summed E-state index contributed by atoms with van der Waals surface area (Å²) in [6.45, 7) is -2.04. The van der Waals surface area contributed by atoms with Crippen LogP contribution in [0.3, 0.4) is 0 Å². The number of nitrogens with one attached hydrogen (secondary N) is 1. The topological polar surface area (TPSA) is 82.7 Å². The fraction of sp³-hybridized carbons (Fsp3) is 0.444. The number of carboxylic acid groups (broad SMARTS) is 1. The number of alkyl halides is 2. The second-order valence-corrected chi connectivity index (χ2v) is 3.20. The minimum atomic E-state index is -3.22. The molecule has 1 aromatic heterocycles. The van der Waals surface area contributed by atoms with E-state index in [-0.39, 0.29) is 17.9 Å². The van der Waals surface area contributed by atoms with Crippen LogP contribution in [0.25, 0.3) is 0 Å². The third kappa shape index (κ3) is 3.28. The Morgan fingerprint density at radius 3 is 2.81 bits per heavy atom. The van der Waals surface area contributed by atoms with Gasteiger partial charge in [-0.15, -0.1) is 0 Å². The summed E-state index contributed by atoms with van der Waals surface area (Å²) < 4.78 is 29.8. The van der Waals surface area contributed by atoms with Crippen LogP contribution in [0.1, 0.15) is 16.1 Å². The van der Waals surface area contributed by atoms with Crippen molar-refractivity contribution in [2.75, 3.05) is 13.2 Å². The van der Waals surface area contributed by atoms with E-state index < -0.39 is 25.0 Å². The molecule has 0 saturated heterocycles.